The molecular formula is C14H14O2. The number of furan rings is 1. The predicted octanol–water partition coefficient (Wildman–Crippen LogP) is 3.66. The van der Waals surface area contributed by atoms with Crippen molar-refractivity contribution in [2.24, 2.45) is 0 Å². The summed E-state index contributed by atoms with van der Waals surface area (Å²) in [5, 5.41) is 1.10. The minimum absolute atomic E-state index is 0.0670. The van der Waals surface area contributed by atoms with Gasteiger partial charge in [0.25, 0.3) is 0 Å². The van der Waals surface area contributed by atoms with E-state index in [0.717, 1.165) is 42.2 Å². The Morgan fingerprint density at radius 1 is 1.19 bits per heavy atom. The van der Waals surface area contributed by atoms with Crippen LogP contribution in [-0.2, 0) is 4.79 Å². The Bertz CT molecular complexity index is 524. The summed E-state index contributed by atoms with van der Waals surface area (Å²) in [5.74, 6) is 0.440. The van der Waals surface area contributed by atoms with Crippen molar-refractivity contribution >= 4 is 16.8 Å². The third-order valence-electron chi connectivity index (χ3n) is 3.44. The van der Waals surface area contributed by atoms with Gasteiger partial charge in [0, 0.05) is 23.3 Å². The summed E-state index contributed by atoms with van der Waals surface area (Å²) in [6.07, 6.45) is 5.66. The van der Waals surface area contributed by atoms with Gasteiger partial charge in [0.1, 0.15) is 11.4 Å². The fourth-order valence-electron chi connectivity index (χ4n) is 2.58. The highest BCUT2D eigenvalue weighted by Gasteiger charge is 2.26. The second kappa shape index (κ2) is 3.78. The van der Waals surface area contributed by atoms with Crippen LogP contribution in [-0.4, -0.2) is 5.78 Å². The van der Waals surface area contributed by atoms with E-state index >= 15 is 0 Å². The van der Waals surface area contributed by atoms with Crippen LogP contribution < -0.4 is 0 Å². The largest absolute Gasteiger partial charge is 0.464 e. The Morgan fingerprint density at radius 3 is 2.94 bits per heavy atom. The maximum absolute atomic E-state index is 11.9. The van der Waals surface area contributed by atoms with Crippen molar-refractivity contribution < 1.29 is 9.21 Å². The molecule has 0 N–H and O–H groups in total. The Labute approximate surface area is 94.3 Å². The summed E-state index contributed by atoms with van der Waals surface area (Å²) in [4.78, 5) is 11.9. The minimum atomic E-state index is 0.0670. The molecule has 82 valence electrons. The van der Waals surface area contributed by atoms with Crippen molar-refractivity contribution in [1.29, 1.82) is 0 Å². The minimum Gasteiger partial charge on any atom is -0.464 e. The molecule has 0 bridgehead atoms. The fourth-order valence-corrected chi connectivity index (χ4v) is 2.58. The highest BCUT2D eigenvalue weighted by Crippen LogP contribution is 2.35. The van der Waals surface area contributed by atoms with E-state index in [4.69, 9.17) is 4.42 Å². The van der Waals surface area contributed by atoms with Gasteiger partial charge in [0.15, 0.2) is 0 Å². The molecule has 0 saturated heterocycles. The van der Waals surface area contributed by atoms with Crippen LogP contribution in [0.25, 0.3) is 11.0 Å². The van der Waals surface area contributed by atoms with Gasteiger partial charge in [-0.2, -0.15) is 0 Å². The molecule has 0 aliphatic heterocycles. The third kappa shape index (κ3) is 1.45. The molecule has 1 aliphatic rings. The summed E-state index contributed by atoms with van der Waals surface area (Å²) < 4.78 is 5.50. The van der Waals surface area contributed by atoms with E-state index in [-0.39, 0.29) is 5.92 Å². The van der Waals surface area contributed by atoms with Crippen molar-refractivity contribution in [3.8, 4) is 0 Å². The van der Waals surface area contributed by atoms with E-state index in [0.29, 0.717) is 5.78 Å². The first-order valence-electron chi connectivity index (χ1n) is 5.85. The van der Waals surface area contributed by atoms with E-state index in [1.807, 2.05) is 24.3 Å². The molecule has 2 aromatic rings. The zero-order valence-corrected chi connectivity index (χ0v) is 9.11. The highest BCUT2D eigenvalue weighted by atomic mass is 16.3. The summed E-state index contributed by atoms with van der Waals surface area (Å²) in [5.41, 5.74) is 1.97. The summed E-state index contributed by atoms with van der Waals surface area (Å²) in [6, 6.07) is 7.94. The van der Waals surface area contributed by atoms with Crippen LogP contribution in [0.2, 0.25) is 0 Å². The van der Waals surface area contributed by atoms with Gasteiger partial charge in [-0.3, -0.25) is 4.79 Å². The van der Waals surface area contributed by atoms with Gasteiger partial charge in [-0.05, 0) is 18.9 Å². The van der Waals surface area contributed by atoms with Crippen molar-refractivity contribution in [2.75, 3.05) is 0 Å². The zero-order chi connectivity index (χ0) is 11.0. The lowest BCUT2D eigenvalue weighted by molar-refractivity contribution is -0.121. The van der Waals surface area contributed by atoms with Gasteiger partial charge in [0.05, 0.1) is 6.26 Å². The quantitative estimate of drug-likeness (QED) is 0.725. The highest BCUT2D eigenvalue weighted by molar-refractivity contribution is 5.92. The van der Waals surface area contributed by atoms with E-state index in [9.17, 15) is 4.79 Å². The molecule has 1 aliphatic carbocycles. The lowest BCUT2D eigenvalue weighted by Gasteiger charge is -2.19. The average Bonchev–Trinajstić information content (AvgIpc) is 2.74. The molecule has 0 amide bonds. The second-order valence-corrected chi connectivity index (χ2v) is 4.45. The summed E-state index contributed by atoms with van der Waals surface area (Å²) in [6.45, 7) is 0. The molecule has 1 unspecified atom stereocenters. The van der Waals surface area contributed by atoms with Crippen LogP contribution in [0.4, 0.5) is 0 Å². The fraction of sp³-hybridized carbons (Fsp3) is 0.357. The Morgan fingerprint density at radius 2 is 2.06 bits per heavy atom. The Balaban J connectivity index is 2.08. The van der Waals surface area contributed by atoms with Gasteiger partial charge < -0.3 is 4.42 Å². The number of carbonyl (C=O) groups excluding carboxylic acids is 1. The Kier molecular flexibility index (Phi) is 2.28. The number of Topliss-reactive ketones (excluding diaryl/α,β-unsaturated/α-hetero) is 1. The third-order valence-corrected chi connectivity index (χ3v) is 3.44. The second-order valence-electron chi connectivity index (χ2n) is 4.45. The molecule has 1 aromatic carbocycles. The number of hydrogen-bond acceptors (Lipinski definition) is 2. The summed E-state index contributed by atoms with van der Waals surface area (Å²) in [7, 11) is 0. The molecule has 0 radical (unpaired) electrons. The predicted molar refractivity (Wildman–Crippen MR) is 62.4 cm³/mol. The normalized spacial score (nSPS) is 21.5. The Hall–Kier alpha value is -1.57. The van der Waals surface area contributed by atoms with Crippen LogP contribution in [0.1, 0.15) is 37.2 Å². The number of benzene rings is 1. The van der Waals surface area contributed by atoms with Crippen LogP contribution in [0, 0.1) is 0 Å². The van der Waals surface area contributed by atoms with Crippen molar-refractivity contribution in [3.63, 3.8) is 0 Å². The molecule has 16 heavy (non-hydrogen) atoms. The van der Waals surface area contributed by atoms with E-state index < -0.39 is 0 Å². The molecule has 1 fully saturated rings. The van der Waals surface area contributed by atoms with Crippen LogP contribution in [0.3, 0.4) is 0 Å². The summed E-state index contributed by atoms with van der Waals surface area (Å²) >= 11 is 0. The molecule has 0 spiro atoms. The number of para-hydroxylation sites is 1. The number of fused-ring (bicyclic) bond motifs is 1. The lowest BCUT2D eigenvalue weighted by Crippen LogP contribution is -2.16. The molecule has 2 heteroatoms. The van der Waals surface area contributed by atoms with E-state index in [1.165, 1.54) is 0 Å². The number of hydrogen-bond donors (Lipinski definition) is 0. The average molecular weight is 214 g/mol. The van der Waals surface area contributed by atoms with Crippen LogP contribution >= 0.6 is 0 Å². The monoisotopic (exact) mass is 214 g/mol. The number of carbonyl (C=O) groups is 1. The van der Waals surface area contributed by atoms with Crippen molar-refractivity contribution in [2.45, 2.75) is 31.6 Å². The molecular weight excluding hydrogens is 200 g/mol. The topological polar surface area (TPSA) is 30.2 Å². The van der Waals surface area contributed by atoms with Gasteiger partial charge in [-0.25, -0.2) is 0 Å². The van der Waals surface area contributed by atoms with E-state index in [1.54, 1.807) is 6.26 Å². The van der Waals surface area contributed by atoms with E-state index in [2.05, 4.69) is 0 Å². The lowest BCUT2D eigenvalue weighted by atomic mass is 9.83. The van der Waals surface area contributed by atoms with Crippen molar-refractivity contribution in [1.82, 2.24) is 0 Å². The first-order valence-corrected chi connectivity index (χ1v) is 5.85. The van der Waals surface area contributed by atoms with Crippen molar-refractivity contribution in [3.05, 3.63) is 36.1 Å². The standard InChI is InChI=1S/C14H14O2/c15-13-7-3-1-5-10(13)12-9-16-14-8-4-2-6-11(12)14/h2,4,6,8-10H,1,3,5,7H2. The SMILES string of the molecule is O=C1CCCCC1c1coc2ccccc12. The molecule has 1 saturated carbocycles. The van der Waals surface area contributed by atoms with Gasteiger partial charge in [0.2, 0.25) is 0 Å². The molecule has 1 atom stereocenters. The van der Waals surface area contributed by atoms with Gasteiger partial charge in [-0.1, -0.05) is 24.6 Å². The van der Waals surface area contributed by atoms with Gasteiger partial charge in [-0.15, -0.1) is 0 Å². The number of ketones is 1. The maximum atomic E-state index is 11.9. The number of rotatable bonds is 1. The molecule has 1 heterocycles. The zero-order valence-electron chi connectivity index (χ0n) is 9.11. The maximum Gasteiger partial charge on any atom is 0.140 e. The van der Waals surface area contributed by atoms with Gasteiger partial charge >= 0.3 is 0 Å². The molecule has 1 aromatic heterocycles. The smallest absolute Gasteiger partial charge is 0.140 e. The van der Waals surface area contributed by atoms with Crippen LogP contribution in [0.15, 0.2) is 34.9 Å². The first-order chi connectivity index (χ1) is 7.86. The first kappa shape index (κ1) is 9.64. The molecule has 3 rings (SSSR count). The molecule has 2 nitrogen and oxygen atoms in total. The van der Waals surface area contributed by atoms with Crippen LogP contribution in [0.5, 0.6) is 0 Å².